The van der Waals surface area contributed by atoms with Crippen molar-refractivity contribution in [3.05, 3.63) is 144 Å². The lowest BCUT2D eigenvalue weighted by Crippen LogP contribution is -2.46. The summed E-state index contributed by atoms with van der Waals surface area (Å²) in [6.45, 7) is 5.92. The van der Waals surface area contributed by atoms with E-state index in [4.69, 9.17) is 4.42 Å². The fourth-order valence-electron chi connectivity index (χ4n) is 4.21. The molecule has 2 aromatic heterocycles. The summed E-state index contributed by atoms with van der Waals surface area (Å²) in [5.74, 6) is 0.262. The molecule has 2 N–H and O–H groups in total. The third-order valence-corrected chi connectivity index (χ3v) is 6.19. The van der Waals surface area contributed by atoms with E-state index in [0.717, 1.165) is 5.56 Å². The third kappa shape index (κ3) is 5.66. The van der Waals surface area contributed by atoms with Gasteiger partial charge < -0.3 is 14.4 Å². The Hall–Kier alpha value is -5.11. The maximum Gasteiger partial charge on any atom is 0.272 e. The maximum atomic E-state index is 13.2. The Bertz CT molecular complexity index is 1950. The van der Waals surface area contributed by atoms with Gasteiger partial charge in [0.1, 0.15) is 28.0 Å². The van der Waals surface area contributed by atoms with Crippen molar-refractivity contribution >= 4 is 17.9 Å². The molecule has 0 spiro atoms. The number of oxazole rings is 1. The summed E-state index contributed by atoms with van der Waals surface area (Å²) in [6, 6.07) is 21.3. The molecule has 0 saturated heterocycles. The number of carbonyl (C=O) groups is 1. The van der Waals surface area contributed by atoms with Gasteiger partial charge in [-0.1, -0.05) is 57.2 Å². The summed E-state index contributed by atoms with van der Waals surface area (Å²) in [4.78, 5) is 48.6. The van der Waals surface area contributed by atoms with E-state index in [1.807, 2.05) is 51.1 Å². The van der Waals surface area contributed by atoms with E-state index < -0.39 is 22.4 Å². The fourth-order valence-corrected chi connectivity index (χ4v) is 4.21. The van der Waals surface area contributed by atoms with Crippen LogP contribution >= 0.6 is 0 Å². The number of benzene rings is 3. The molecule has 2 heterocycles. The SMILES string of the molecule is CC(C)(C)c1oc(-c2ccccc2)nc1C=c1[nH]c(=O)c(=Cc2cccc(C(=O)c3ccc(F)cc3)c2)[nH]c1=O. The molecule has 40 heavy (non-hydrogen) atoms. The van der Waals surface area contributed by atoms with Crippen molar-refractivity contribution < 1.29 is 13.6 Å². The normalized spacial score (nSPS) is 12.6. The Morgan fingerprint density at radius 2 is 1.48 bits per heavy atom. The van der Waals surface area contributed by atoms with Crippen molar-refractivity contribution in [2.45, 2.75) is 26.2 Å². The second-order valence-electron chi connectivity index (χ2n) is 10.3. The molecule has 0 aliphatic rings. The number of nitrogens with one attached hydrogen (secondary N) is 2. The second kappa shape index (κ2) is 10.6. The van der Waals surface area contributed by atoms with Crippen LogP contribution in [0.2, 0.25) is 0 Å². The van der Waals surface area contributed by atoms with Gasteiger partial charge in [0.2, 0.25) is 5.89 Å². The Morgan fingerprint density at radius 3 is 2.12 bits per heavy atom. The molecule has 0 saturated carbocycles. The van der Waals surface area contributed by atoms with Gasteiger partial charge in [-0.05, 0) is 60.2 Å². The highest BCUT2D eigenvalue weighted by atomic mass is 19.1. The molecular weight excluding hydrogens is 509 g/mol. The Morgan fingerprint density at radius 1 is 0.825 bits per heavy atom. The van der Waals surface area contributed by atoms with Crippen LogP contribution in [0.4, 0.5) is 4.39 Å². The maximum absolute atomic E-state index is 13.2. The van der Waals surface area contributed by atoms with Gasteiger partial charge in [-0.25, -0.2) is 9.37 Å². The zero-order valence-electron chi connectivity index (χ0n) is 22.1. The Kier molecular flexibility index (Phi) is 7.00. The van der Waals surface area contributed by atoms with Gasteiger partial charge in [0, 0.05) is 22.1 Å². The molecule has 7 nitrogen and oxygen atoms in total. The van der Waals surface area contributed by atoms with Crippen molar-refractivity contribution in [2.75, 3.05) is 0 Å². The van der Waals surface area contributed by atoms with Crippen molar-refractivity contribution in [3.8, 4) is 11.5 Å². The lowest BCUT2D eigenvalue weighted by molar-refractivity contribution is 0.103. The number of aromatic amines is 2. The Labute approximate surface area is 228 Å². The first-order chi connectivity index (χ1) is 19.1. The van der Waals surface area contributed by atoms with Gasteiger partial charge in [0.05, 0.1) is 0 Å². The van der Waals surface area contributed by atoms with E-state index in [0.29, 0.717) is 34.0 Å². The van der Waals surface area contributed by atoms with Crippen LogP contribution < -0.4 is 21.8 Å². The summed E-state index contributed by atoms with van der Waals surface area (Å²) in [5.41, 5.74) is 1.00. The highest BCUT2D eigenvalue weighted by Gasteiger charge is 2.25. The van der Waals surface area contributed by atoms with Gasteiger partial charge >= 0.3 is 0 Å². The number of H-pyrrole nitrogens is 2. The van der Waals surface area contributed by atoms with Crippen LogP contribution in [0, 0.1) is 5.82 Å². The molecule has 0 amide bonds. The molecule has 3 aromatic carbocycles. The number of aromatic nitrogens is 3. The molecule has 0 fully saturated rings. The van der Waals surface area contributed by atoms with Crippen LogP contribution in [-0.2, 0) is 5.41 Å². The predicted octanol–water partition coefficient (Wildman–Crippen LogP) is 4.04. The Balaban J connectivity index is 1.54. The number of rotatable bonds is 5. The molecule has 0 aliphatic heterocycles. The van der Waals surface area contributed by atoms with Crippen LogP contribution in [-0.4, -0.2) is 20.7 Å². The summed E-state index contributed by atoms with van der Waals surface area (Å²) < 4.78 is 19.3. The third-order valence-electron chi connectivity index (χ3n) is 6.19. The minimum atomic E-state index is -0.523. The smallest absolute Gasteiger partial charge is 0.272 e. The lowest BCUT2D eigenvalue weighted by Gasteiger charge is -2.15. The number of hydrogen-bond donors (Lipinski definition) is 2. The predicted molar refractivity (Wildman–Crippen MR) is 151 cm³/mol. The van der Waals surface area contributed by atoms with Gasteiger partial charge in [-0.3, -0.25) is 14.4 Å². The summed E-state index contributed by atoms with van der Waals surface area (Å²) in [6.07, 6.45) is 2.98. The van der Waals surface area contributed by atoms with Crippen LogP contribution in [0.5, 0.6) is 0 Å². The minimum absolute atomic E-state index is 0.0229. The van der Waals surface area contributed by atoms with Gasteiger partial charge in [0.15, 0.2) is 5.78 Å². The summed E-state index contributed by atoms with van der Waals surface area (Å²) in [5, 5.41) is 0.0514. The summed E-state index contributed by atoms with van der Waals surface area (Å²) in [7, 11) is 0. The van der Waals surface area contributed by atoms with E-state index >= 15 is 0 Å². The molecule has 0 aliphatic carbocycles. The first-order valence-corrected chi connectivity index (χ1v) is 12.6. The zero-order chi connectivity index (χ0) is 28.4. The van der Waals surface area contributed by atoms with Crippen LogP contribution in [0.25, 0.3) is 23.6 Å². The number of hydrogen-bond acceptors (Lipinski definition) is 5. The molecule has 0 atom stereocenters. The molecule has 0 bridgehead atoms. The first-order valence-electron chi connectivity index (χ1n) is 12.6. The van der Waals surface area contributed by atoms with Crippen LogP contribution in [0.15, 0.2) is 92.9 Å². The largest absolute Gasteiger partial charge is 0.440 e. The molecule has 0 radical (unpaired) electrons. The van der Waals surface area contributed by atoms with E-state index in [1.54, 1.807) is 24.3 Å². The second-order valence-corrected chi connectivity index (χ2v) is 10.3. The van der Waals surface area contributed by atoms with Crippen molar-refractivity contribution in [2.24, 2.45) is 0 Å². The zero-order valence-corrected chi connectivity index (χ0v) is 22.1. The highest BCUT2D eigenvalue weighted by molar-refractivity contribution is 6.09. The lowest BCUT2D eigenvalue weighted by atomic mass is 9.92. The average molecular weight is 536 g/mol. The monoisotopic (exact) mass is 535 g/mol. The minimum Gasteiger partial charge on any atom is -0.440 e. The van der Waals surface area contributed by atoms with E-state index in [1.165, 1.54) is 36.4 Å². The quantitative estimate of drug-likeness (QED) is 0.330. The van der Waals surface area contributed by atoms with Crippen molar-refractivity contribution in [1.29, 1.82) is 0 Å². The topological polar surface area (TPSA) is 109 Å². The van der Waals surface area contributed by atoms with Crippen molar-refractivity contribution in [1.82, 2.24) is 15.0 Å². The molecule has 200 valence electrons. The van der Waals surface area contributed by atoms with E-state index in [2.05, 4.69) is 15.0 Å². The summed E-state index contributed by atoms with van der Waals surface area (Å²) >= 11 is 0. The molecule has 8 heteroatoms. The molecule has 5 aromatic rings. The number of carbonyl (C=O) groups excluding carboxylic acids is 1. The standard InChI is InChI=1S/C32H26FN3O4/c1-32(2,3)28-24(36-31(40-28)21-9-5-4-6-10-21)18-26-30(39)34-25(29(38)35-26)17-19-8-7-11-22(16-19)27(37)20-12-14-23(33)15-13-20/h4-18H,1-3H3,(H,34,39)(H,35,38). The van der Waals surface area contributed by atoms with Gasteiger partial charge in [-0.15, -0.1) is 0 Å². The number of halogens is 1. The molecule has 0 unspecified atom stereocenters. The fraction of sp³-hybridized carbons (Fsp3) is 0.125. The number of nitrogens with zero attached hydrogens (tertiary/aromatic N) is 1. The first kappa shape index (κ1) is 26.5. The van der Waals surface area contributed by atoms with E-state index in [9.17, 15) is 18.8 Å². The van der Waals surface area contributed by atoms with Gasteiger partial charge in [-0.2, -0.15) is 0 Å². The number of ketones is 1. The van der Waals surface area contributed by atoms with Gasteiger partial charge in [0.25, 0.3) is 11.1 Å². The molecule has 5 rings (SSSR count). The van der Waals surface area contributed by atoms with Crippen molar-refractivity contribution in [3.63, 3.8) is 0 Å². The highest BCUT2D eigenvalue weighted by Crippen LogP contribution is 2.31. The van der Waals surface area contributed by atoms with Crippen LogP contribution in [0.3, 0.4) is 0 Å². The average Bonchev–Trinajstić information content (AvgIpc) is 3.37. The van der Waals surface area contributed by atoms with Crippen LogP contribution in [0.1, 0.15) is 53.7 Å². The van der Waals surface area contributed by atoms with E-state index in [-0.39, 0.29) is 16.5 Å². The molecular formula is C32H26FN3O4.